The van der Waals surface area contributed by atoms with Crippen molar-refractivity contribution in [2.45, 2.75) is 26.9 Å². The van der Waals surface area contributed by atoms with Crippen molar-refractivity contribution < 1.29 is 14.4 Å². The second kappa shape index (κ2) is 6.47. The molecule has 5 heteroatoms. The molecule has 4 nitrogen and oxygen atoms in total. The summed E-state index contributed by atoms with van der Waals surface area (Å²) >= 11 is 5.83. The number of benzene rings is 1. The van der Waals surface area contributed by atoms with E-state index in [1.807, 2.05) is 6.92 Å². The van der Waals surface area contributed by atoms with Crippen molar-refractivity contribution in [1.82, 2.24) is 5.48 Å². The number of hydroxylamine groups is 1. The van der Waals surface area contributed by atoms with Crippen molar-refractivity contribution >= 4 is 17.5 Å². The minimum atomic E-state index is -0.624. The Hall–Kier alpha value is -1.26. The van der Waals surface area contributed by atoms with Crippen LogP contribution in [0.5, 0.6) is 5.75 Å². The highest BCUT2D eigenvalue weighted by Crippen LogP contribution is 2.22. The van der Waals surface area contributed by atoms with Crippen LogP contribution in [-0.4, -0.2) is 18.6 Å². The average Bonchev–Trinajstić information content (AvgIpc) is 2.29. The predicted octanol–water partition coefficient (Wildman–Crippen LogP) is 2.48. The first-order valence-corrected chi connectivity index (χ1v) is 5.76. The number of aryl methyl sites for hydroxylation is 1. The fourth-order valence-electron chi connectivity index (χ4n) is 1.22. The van der Waals surface area contributed by atoms with Crippen LogP contribution < -0.4 is 10.2 Å². The fourth-order valence-corrected chi connectivity index (χ4v) is 1.44. The molecule has 0 aliphatic rings. The Morgan fingerprint density at radius 3 is 2.82 bits per heavy atom. The smallest absolute Gasteiger partial charge is 0.284 e. The van der Waals surface area contributed by atoms with Gasteiger partial charge in [-0.15, -0.1) is 0 Å². The van der Waals surface area contributed by atoms with Crippen LogP contribution in [0.25, 0.3) is 0 Å². The van der Waals surface area contributed by atoms with Crippen molar-refractivity contribution in [2.24, 2.45) is 0 Å². The minimum absolute atomic E-state index is 0.318. The van der Waals surface area contributed by atoms with Crippen molar-refractivity contribution in [3.05, 3.63) is 28.8 Å². The largest absolute Gasteiger partial charge is 0.481 e. The van der Waals surface area contributed by atoms with E-state index in [9.17, 15) is 4.79 Å². The number of ether oxygens (including phenoxy) is 1. The van der Waals surface area contributed by atoms with E-state index < -0.39 is 6.10 Å². The molecule has 1 N–H and O–H groups in total. The Labute approximate surface area is 106 Å². The maximum Gasteiger partial charge on any atom is 0.284 e. The van der Waals surface area contributed by atoms with Gasteiger partial charge in [0.2, 0.25) is 0 Å². The summed E-state index contributed by atoms with van der Waals surface area (Å²) in [5.74, 6) is 0.315. The Morgan fingerprint density at radius 2 is 2.24 bits per heavy atom. The lowest BCUT2D eigenvalue weighted by Crippen LogP contribution is -2.36. The summed E-state index contributed by atoms with van der Waals surface area (Å²) in [6.45, 7) is 5.73. The zero-order valence-electron chi connectivity index (χ0n) is 10.1. The van der Waals surface area contributed by atoms with E-state index in [-0.39, 0.29) is 5.91 Å². The van der Waals surface area contributed by atoms with E-state index in [4.69, 9.17) is 21.2 Å². The highest BCUT2D eigenvalue weighted by Gasteiger charge is 2.15. The van der Waals surface area contributed by atoms with Crippen LogP contribution in [0.3, 0.4) is 0 Å². The van der Waals surface area contributed by atoms with Gasteiger partial charge in [0.05, 0.1) is 6.61 Å². The third-order valence-electron chi connectivity index (χ3n) is 2.13. The van der Waals surface area contributed by atoms with Gasteiger partial charge >= 0.3 is 0 Å². The molecule has 1 aromatic carbocycles. The van der Waals surface area contributed by atoms with E-state index in [2.05, 4.69) is 5.48 Å². The molecule has 0 aliphatic carbocycles. The molecule has 0 saturated heterocycles. The van der Waals surface area contributed by atoms with Crippen LogP contribution in [0, 0.1) is 6.92 Å². The van der Waals surface area contributed by atoms with Crippen molar-refractivity contribution in [2.75, 3.05) is 6.61 Å². The molecule has 1 atom stereocenters. The number of nitrogens with one attached hydrogen (secondary N) is 1. The van der Waals surface area contributed by atoms with Gasteiger partial charge in [0.25, 0.3) is 5.91 Å². The van der Waals surface area contributed by atoms with Crippen LogP contribution in [0.4, 0.5) is 0 Å². The average molecular weight is 258 g/mol. The predicted molar refractivity (Wildman–Crippen MR) is 66.0 cm³/mol. The van der Waals surface area contributed by atoms with Gasteiger partial charge in [-0.3, -0.25) is 9.63 Å². The van der Waals surface area contributed by atoms with Crippen molar-refractivity contribution in [3.63, 3.8) is 0 Å². The highest BCUT2D eigenvalue weighted by molar-refractivity contribution is 6.30. The number of carbonyl (C=O) groups excluding carboxylic acids is 1. The minimum Gasteiger partial charge on any atom is -0.481 e. The van der Waals surface area contributed by atoms with E-state index in [0.717, 1.165) is 5.56 Å². The summed E-state index contributed by atoms with van der Waals surface area (Å²) in [7, 11) is 0. The summed E-state index contributed by atoms with van der Waals surface area (Å²) in [6.07, 6.45) is -0.624. The summed E-state index contributed by atoms with van der Waals surface area (Å²) in [5, 5.41) is 0.640. The number of halogens is 1. The Bertz CT molecular complexity index is 395. The monoisotopic (exact) mass is 257 g/mol. The first-order chi connectivity index (χ1) is 8.04. The molecule has 1 unspecified atom stereocenters. The van der Waals surface area contributed by atoms with Crippen LogP contribution >= 0.6 is 11.6 Å². The normalized spacial score (nSPS) is 12.0. The van der Waals surface area contributed by atoms with Crippen molar-refractivity contribution in [3.8, 4) is 5.75 Å². The molecule has 17 heavy (non-hydrogen) atoms. The molecule has 1 amide bonds. The molecule has 0 fully saturated rings. The highest BCUT2D eigenvalue weighted by atomic mass is 35.5. The summed E-state index contributed by atoms with van der Waals surface area (Å²) in [6, 6.07) is 5.24. The van der Waals surface area contributed by atoms with E-state index >= 15 is 0 Å². The second-order valence-corrected chi connectivity index (χ2v) is 4.01. The Balaban J connectivity index is 2.61. The first-order valence-electron chi connectivity index (χ1n) is 5.39. The lowest BCUT2D eigenvalue weighted by atomic mass is 10.2. The lowest BCUT2D eigenvalue weighted by molar-refractivity contribution is -0.139. The van der Waals surface area contributed by atoms with Crippen molar-refractivity contribution in [1.29, 1.82) is 0 Å². The van der Waals surface area contributed by atoms with Crippen LogP contribution in [-0.2, 0) is 9.63 Å². The number of amides is 1. The molecule has 94 valence electrons. The molecular formula is C12H16ClNO3. The standard InChI is InChI=1S/C12H16ClNO3/c1-4-16-14-12(15)9(3)17-11-6-5-10(13)7-8(11)2/h5-7,9H,4H2,1-3H3,(H,14,15). The van der Waals surface area contributed by atoms with Gasteiger partial charge in [0.1, 0.15) is 5.75 Å². The van der Waals surface area contributed by atoms with Crippen LogP contribution in [0.1, 0.15) is 19.4 Å². The summed E-state index contributed by atoms with van der Waals surface area (Å²) in [5.41, 5.74) is 3.18. The molecule has 1 rings (SSSR count). The number of hydrogen-bond acceptors (Lipinski definition) is 3. The van der Waals surface area contributed by atoms with Gasteiger partial charge < -0.3 is 4.74 Å². The van der Waals surface area contributed by atoms with Gasteiger partial charge in [0.15, 0.2) is 6.10 Å². The molecule has 0 bridgehead atoms. The Morgan fingerprint density at radius 1 is 1.53 bits per heavy atom. The molecular weight excluding hydrogens is 242 g/mol. The first kappa shape index (κ1) is 13.8. The van der Waals surface area contributed by atoms with Gasteiger partial charge in [-0.05, 0) is 44.5 Å². The molecule has 0 aromatic heterocycles. The Kier molecular flexibility index (Phi) is 5.25. The topological polar surface area (TPSA) is 47.6 Å². The van der Waals surface area contributed by atoms with E-state index in [1.165, 1.54) is 0 Å². The third-order valence-corrected chi connectivity index (χ3v) is 2.36. The molecule has 0 aliphatic heterocycles. The maximum atomic E-state index is 11.5. The zero-order chi connectivity index (χ0) is 12.8. The van der Waals surface area contributed by atoms with E-state index in [0.29, 0.717) is 17.4 Å². The van der Waals surface area contributed by atoms with Crippen LogP contribution in [0.15, 0.2) is 18.2 Å². The van der Waals surface area contributed by atoms with Gasteiger partial charge in [-0.1, -0.05) is 11.6 Å². The lowest BCUT2D eigenvalue weighted by Gasteiger charge is -2.15. The number of rotatable bonds is 5. The number of hydrogen-bond donors (Lipinski definition) is 1. The van der Waals surface area contributed by atoms with Gasteiger partial charge in [0, 0.05) is 5.02 Å². The summed E-state index contributed by atoms with van der Waals surface area (Å²) < 4.78 is 5.51. The van der Waals surface area contributed by atoms with Gasteiger partial charge in [-0.25, -0.2) is 5.48 Å². The fraction of sp³-hybridized carbons (Fsp3) is 0.417. The second-order valence-electron chi connectivity index (χ2n) is 3.57. The zero-order valence-corrected chi connectivity index (χ0v) is 10.9. The molecule has 0 spiro atoms. The van der Waals surface area contributed by atoms with E-state index in [1.54, 1.807) is 32.0 Å². The summed E-state index contributed by atoms with van der Waals surface area (Å²) in [4.78, 5) is 16.3. The number of carbonyl (C=O) groups is 1. The SMILES string of the molecule is CCONC(=O)C(C)Oc1ccc(Cl)cc1C. The molecule has 0 saturated carbocycles. The quantitative estimate of drug-likeness (QED) is 0.825. The molecule has 0 radical (unpaired) electrons. The maximum absolute atomic E-state index is 11.5. The third kappa shape index (κ3) is 4.24. The molecule has 0 heterocycles. The molecule has 1 aromatic rings. The van der Waals surface area contributed by atoms with Gasteiger partial charge in [-0.2, -0.15) is 0 Å². The van der Waals surface area contributed by atoms with Crippen LogP contribution in [0.2, 0.25) is 5.02 Å².